The Hall–Kier alpha value is -3.81. The van der Waals surface area contributed by atoms with Gasteiger partial charge in [-0.05, 0) is 74.8 Å². The molecule has 8 heteroatoms. The highest BCUT2D eigenvalue weighted by molar-refractivity contribution is 5.99. The van der Waals surface area contributed by atoms with E-state index >= 15 is 0 Å². The Kier molecular flexibility index (Phi) is 6.90. The summed E-state index contributed by atoms with van der Waals surface area (Å²) in [7, 11) is 0. The van der Waals surface area contributed by atoms with Gasteiger partial charge >= 0.3 is 12.1 Å². The van der Waals surface area contributed by atoms with E-state index in [1.54, 1.807) is 9.58 Å². The van der Waals surface area contributed by atoms with Gasteiger partial charge in [0.25, 0.3) is 0 Å². The number of aryl methyl sites for hydroxylation is 1. The fraction of sp³-hybridized carbons (Fsp3) is 0.433. The van der Waals surface area contributed by atoms with Crippen LogP contribution >= 0.6 is 0 Å². The Labute approximate surface area is 224 Å². The van der Waals surface area contributed by atoms with Gasteiger partial charge in [0.15, 0.2) is 0 Å². The zero-order valence-corrected chi connectivity index (χ0v) is 22.6. The lowest BCUT2D eigenvalue weighted by Gasteiger charge is -2.37. The van der Waals surface area contributed by atoms with Crippen LogP contribution in [0.1, 0.15) is 63.3 Å². The maximum atomic E-state index is 13.0. The van der Waals surface area contributed by atoms with Crippen molar-refractivity contribution in [1.82, 2.24) is 14.7 Å². The van der Waals surface area contributed by atoms with Crippen LogP contribution in [-0.2, 0) is 11.8 Å². The predicted octanol–water partition coefficient (Wildman–Crippen LogP) is 6.59. The number of aromatic nitrogens is 2. The van der Waals surface area contributed by atoms with Gasteiger partial charge in [-0.15, -0.1) is 0 Å². The molecule has 0 saturated carbocycles. The minimum Gasteiger partial charge on any atom is -0.465 e. The highest BCUT2D eigenvalue weighted by atomic mass is 16.4. The summed E-state index contributed by atoms with van der Waals surface area (Å²) in [5.41, 5.74) is 4.63. The monoisotopic (exact) mass is 515 g/mol. The molecule has 3 atom stereocenters. The molecule has 8 nitrogen and oxygen atoms in total. The molecule has 3 heterocycles. The van der Waals surface area contributed by atoms with Crippen LogP contribution < -0.4 is 10.6 Å². The minimum atomic E-state index is -0.786. The van der Waals surface area contributed by atoms with Crippen molar-refractivity contribution in [2.24, 2.45) is 5.92 Å². The first-order valence-electron chi connectivity index (χ1n) is 13.4. The molecule has 2 fully saturated rings. The molecule has 38 heavy (non-hydrogen) atoms. The van der Waals surface area contributed by atoms with Crippen molar-refractivity contribution in [2.45, 2.75) is 77.3 Å². The number of rotatable bonds is 5. The zero-order chi connectivity index (χ0) is 27.0. The van der Waals surface area contributed by atoms with E-state index in [0.29, 0.717) is 11.7 Å². The molecule has 2 aliphatic rings. The number of hydrogen-bond acceptors (Lipinski definition) is 3. The lowest BCUT2D eigenvalue weighted by Crippen LogP contribution is -2.46. The molecular weight excluding hydrogens is 478 g/mol. The standard InChI is InChI=1S/C30H37N5O3/c1-19-8-10-23(11-9-19)35-27(18-26(33-35)30(2,3)4)32-28(36)31-22-7-5-6-20(15-22)14-21-16-24-12-13-25(17-21)34(24)29(37)38/h5-11,15,18,21,24-25H,12-14,16-17H2,1-4H3,(H,37,38)(H2,31,32,36)/t21?,24-,25+. The van der Waals surface area contributed by atoms with Gasteiger partial charge in [0.2, 0.25) is 0 Å². The molecule has 2 aliphatic heterocycles. The number of hydrogen-bond donors (Lipinski definition) is 3. The van der Waals surface area contributed by atoms with Crippen molar-refractivity contribution in [3.05, 3.63) is 71.4 Å². The number of anilines is 2. The second-order valence-electron chi connectivity index (χ2n) is 11.8. The fourth-order valence-electron chi connectivity index (χ4n) is 5.88. The van der Waals surface area contributed by atoms with Crippen molar-refractivity contribution in [2.75, 3.05) is 10.6 Å². The minimum absolute atomic E-state index is 0.139. The molecule has 5 rings (SSSR count). The molecule has 0 radical (unpaired) electrons. The first-order chi connectivity index (χ1) is 18.1. The molecular formula is C30H37N5O3. The first-order valence-corrected chi connectivity index (χ1v) is 13.4. The lowest BCUT2D eigenvalue weighted by molar-refractivity contribution is 0.0850. The predicted molar refractivity (Wildman–Crippen MR) is 149 cm³/mol. The summed E-state index contributed by atoms with van der Waals surface area (Å²) in [4.78, 5) is 26.3. The number of carboxylic acid groups (broad SMARTS) is 1. The van der Waals surface area contributed by atoms with Gasteiger partial charge in [0.05, 0.1) is 11.4 Å². The van der Waals surface area contributed by atoms with Gasteiger partial charge in [0, 0.05) is 29.3 Å². The van der Waals surface area contributed by atoms with Crippen LogP contribution in [0.15, 0.2) is 54.6 Å². The van der Waals surface area contributed by atoms with E-state index in [9.17, 15) is 14.7 Å². The third kappa shape index (κ3) is 5.54. The van der Waals surface area contributed by atoms with Gasteiger partial charge in [-0.3, -0.25) is 5.32 Å². The van der Waals surface area contributed by atoms with Crippen molar-refractivity contribution in [3.8, 4) is 5.69 Å². The summed E-state index contributed by atoms with van der Waals surface area (Å²) in [5, 5.41) is 20.3. The van der Waals surface area contributed by atoms with E-state index in [0.717, 1.165) is 60.3 Å². The number of nitrogens with one attached hydrogen (secondary N) is 2. The summed E-state index contributed by atoms with van der Waals surface area (Å²) in [5.74, 6) is 1.06. The Balaban J connectivity index is 1.27. The Morgan fingerprint density at radius 2 is 1.68 bits per heavy atom. The normalized spacial score (nSPS) is 20.8. The Bertz CT molecular complexity index is 1310. The average molecular weight is 516 g/mol. The molecule has 3 aromatic rings. The fourth-order valence-corrected chi connectivity index (χ4v) is 5.88. The average Bonchev–Trinajstić information content (AvgIpc) is 3.39. The van der Waals surface area contributed by atoms with Crippen molar-refractivity contribution in [1.29, 1.82) is 0 Å². The maximum Gasteiger partial charge on any atom is 0.407 e. The number of amides is 3. The zero-order valence-electron chi connectivity index (χ0n) is 22.6. The van der Waals surface area contributed by atoms with Crippen LogP contribution in [0, 0.1) is 12.8 Å². The molecule has 2 saturated heterocycles. The number of fused-ring (bicyclic) bond motifs is 2. The van der Waals surface area contributed by atoms with E-state index in [-0.39, 0.29) is 23.5 Å². The summed E-state index contributed by atoms with van der Waals surface area (Å²) in [6, 6.07) is 17.9. The number of piperidine rings is 1. The highest BCUT2D eigenvalue weighted by Gasteiger charge is 2.43. The summed E-state index contributed by atoms with van der Waals surface area (Å²) in [6.07, 6.45) is 3.83. The Morgan fingerprint density at radius 1 is 1.00 bits per heavy atom. The molecule has 1 aromatic heterocycles. The summed E-state index contributed by atoms with van der Waals surface area (Å²) < 4.78 is 1.77. The van der Waals surface area contributed by atoms with E-state index in [2.05, 4.69) is 37.5 Å². The van der Waals surface area contributed by atoms with E-state index in [1.165, 1.54) is 0 Å². The maximum absolute atomic E-state index is 13.0. The molecule has 3 N–H and O–H groups in total. The summed E-state index contributed by atoms with van der Waals surface area (Å²) >= 11 is 0. The number of carbonyl (C=O) groups is 2. The van der Waals surface area contributed by atoms with Crippen molar-refractivity contribution >= 4 is 23.6 Å². The molecule has 2 bridgehead atoms. The number of nitrogens with zero attached hydrogens (tertiary/aromatic N) is 3. The summed E-state index contributed by atoms with van der Waals surface area (Å²) in [6.45, 7) is 8.33. The molecule has 200 valence electrons. The Morgan fingerprint density at radius 3 is 2.32 bits per heavy atom. The second-order valence-corrected chi connectivity index (χ2v) is 11.8. The van der Waals surface area contributed by atoms with Gasteiger partial charge in [-0.1, -0.05) is 50.6 Å². The lowest BCUT2D eigenvalue weighted by atomic mass is 9.86. The van der Waals surface area contributed by atoms with Gasteiger partial charge in [-0.25, -0.2) is 14.3 Å². The SMILES string of the molecule is Cc1ccc(-n2nc(C(C)(C)C)cc2NC(=O)Nc2cccc(CC3C[C@H]4CC[C@@H](C3)N4C(=O)O)c2)cc1. The van der Waals surface area contributed by atoms with Crippen molar-refractivity contribution < 1.29 is 14.7 Å². The molecule has 2 aromatic carbocycles. The van der Waals surface area contributed by atoms with E-state index in [4.69, 9.17) is 5.10 Å². The third-order valence-corrected chi connectivity index (χ3v) is 7.76. The van der Waals surface area contributed by atoms with Crippen LogP contribution in [0.2, 0.25) is 0 Å². The largest absolute Gasteiger partial charge is 0.465 e. The van der Waals surface area contributed by atoms with Gasteiger partial charge in [0.1, 0.15) is 5.82 Å². The van der Waals surface area contributed by atoms with Crippen LogP contribution in [-0.4, -0.2) is 44.0 Å². The highest BCUT2D eigenvalue weighted by Crippen LogP contribution is 2.40. The number of urea groups is 1. The quantitative estimate of drug-likeness (QED) is 0.357. The van der Waals surface area contributed by atoms with Gasteiger partial charge in [-0.2, -0.15) is 5.10 Å². The molecule has 0 spiro atoms. The van der Waals surface area contributed by atoms with Crippen LogP contribution in [0.3, 0.4) is 0 Å². The van der Waals surface area contributed by atoms with Crippen LogP contribution in [0.25, 0.3) is 5.69 Å². The van der Waals surface area contributed by atoms with E-state index < -0.39 is 6.09 Å². The number of benzene rings is 2. The number of carbonyl (C=O) groups excluding carboxylic acids is 1. The van der Waals surface area contributed by atoms with E-state index in [1.807, 2.05) is 55.5 Å². The van der Waals surface area contributed by atoms with Gasteiger partial charge < -0.3 is 15.3 Å². The second kappa shape index (κ2) is 10.2. The van der Waals surface area contributed by atoms with Crippen molar-refractivity contribution in [3.63, 3.8) is 0 Å². The molecule has 1 unspecified atom stereocenters. The molecule has 0 aliphatic carbocycles. The molecule has 3 amide bonds. The van der Waals surface area contributed by atoms with Crippen LogP contribution in [0.5, 0.6) is 0 Å². The third-order valence-electron chi connectivity index (χ3n) is 7.76. The van der Waals surface area contributed by atoms with Crippen LogP contribution in [0.4, 0.5) is 21.1 Å². The topological polar surface area (TPSA) is 99.5 Å². The smallest absolute Gasteiger partial charge is 0.407 e. The first kappa shape index (κ1) is 25.8.